The van der Waals surface area contributed by atoms with E-state index in [0.29, 0.717) is 30.6 Å². The van der Waals surface area contributed by atoms with Gasteiger partial charge in [0, 0.05) is 39.3 Å². The molecule has 0 aromatic heterocycles. The molecule has 2 heterocycles. The van der Waals surface area contributed by atoms with Gasteiger partial charge in [0.2, 0.25) is 5.91 Å². The molecule has 0 aromatic carbocycles. The van der Waals surface area contributed by atoms with Crippen molar-refractivity contribution in [2.24, 2.45) is 0 Å². The molecule has 6 nitrogen and oxygen atoms in total. The van der Waals surface area contributed by atoms with E-state index in [1.54, 1.807) is 7.11 Å². The number of rotatable bonds is 4. The summed E-state index contributed by atoms with van der Waals surface area (Å²) in [5.41, 5.74) is 0. The van der Waals surface area contributed by atoms with Crippen molar-refractivity contribution in [1.82, 2.24) is 9.80 Å². The standard InChI is InChI=1S/C13H24N2O4S/c1-19-9-2-13(16)15-7-5-14(6-8-15)12-3-10-20(17,18)11-4-12/h12H,2-11H2,1H3. The van der Waals surface area contributed by atoms with Crippen LogP contribution in [0.4, 0.5) is 0 Å². The molecule has 0 N–H and O–H groups in total. The number of methoxy groups -OCH3 is 1. The topological polar surface area (TPSA) is 66.9 Å². The average molecular weight is 304 g/mol. The summed E-state index contributed by atoms with van der Waals surface area (Å²) in [4.78, 5) is 16.1. The molecular weight excluding hydrogens is 280 g/mol. The molecule has 0 saturated carbocycles. The summed E-state index contributed by atoms with van der Waals surface area (Å²) in [5, 5.41) is 0. The SMILES string of the molecule is COCCC(=O)N1CCN(C2CCS(=O)(=O)CC2)CC1. The monoisotopic (exact) mass is 304 g/mol. The molecule has 0 unspecified atom stereocenters. The second-order valence-electron chi connectivity index (χ2n) is 5.54. The molecule has 0 bridgehead atoms. The van der Waals surface area contributed by atoms with Gasteiger partial charge in [0.1, 0.15) is 9.84 Å². The Balaban J connectivity index is 1.76. The van der Waals surface area contributed by atoms with Gasteiger partial charge in [-0.15, -0.1) is 0 Å². The van der Waals surface area contributed by atoms with Crippen molar-refractivity contribution in [3.63, 3.8) is 0 Å². The van der Waals surface area contributed by atoms with Crippen LogP contribution in [0, 0.1) is 0 Å². The van der Waals surface area contributed by atoms with Crippen molar-refractivity contribution in [3.05, 3.63) is 0 Å². The van der Waals surface area contributed by atoms with Gasteiger partial charge in [0.05, 0.1) is 24.5 Å². The summed E-state index contributed by atoms with van der Waals surface area (Å²) in [6, 6.07) is 0.370. The van der Waals surface area contributed by atoms with Gasteiger partial charge in [-0.1, -0.05) is 0 Å². The van der Waals surface area contributed by atoms with Gasteiger partial charge in [0.25, 0.3) is 0 Å². The molecule has 0 atom stereocenters. The van der Waals surface area contributed by atoms with Crippen molar-refractivity contribution in [3.8, 4) is 0 Å². The van der Waals surface area contributed by atoms with Crippen LogP contribution in [-0.2, 0) is 19.4 Å². The normalized spacial score (nSPS) is 24.8. The molecule has 0 radical (unpaired) electrons. The summed E-state index contributed by atoms with van der Waals surface area (Å²) < 4.78 is 27.8. The maximum Gasteiger partial charge on any atom is 0.224 e. The van der Waals surface area contributed by atoms with Crippen molar-refractivity contribution in [2.75, 3.05) is 51.4 Å². The van der Waals surface area contributed by atoms with Gasteiger partial charge in [-0.25, -0.2) is 8.42 Å². The van der Waals surface area contributed by atoms with Crippen LogP contribution in [0.1, 0.15) is 19.3 Å². The summed E-state index contributed by atoms with van der Waals surface area (Å²) in [6.07, 6.45) is 1.91. The first-order chi connectivity index (χ1) is 9.52. The van der Waals surface area contributed by atoms with Crippen LogP contribution >= 0.6 is 0 Å². The van der Waals surface area contributed by atoms with Gasteiger partial charge in [-0.3, -0.25) is 9.69 Å². The molecule has 116 valence electrons. The second-order valence-corrected chi connectivity index (χ2v) is 7.85. The fourth-order valence-corrected chi connectivity index (χ4v) is 4.39. The molecule has 20 heavy (non-hydrogen) atoms. The number of nitrogens with zero attached hydrogens (tertiary/aromatic N) is 2. The first-order valence-electron chi connectivity index (χ1n) is 7.23. The molecule has 7 heteroatoms. The lowest BCUT2D eigenvalue weighted by Gasteiger charge is -2.40. The first-order valence-corrected chi connectivity index (χ1v) is 9.05. The Morgan fingerprint density at radius 3 is 2.30 bits per heavy atom. The minimum atomic E-state index is -2.79. The summed E-state index contributed by atoms with van der Waals surface area (Å²) in [6.45, 7) is 3.66. The highest BCUT2D eigenvalue weighted by atomic mass is 32.2. The highest BCUT2D eigenvalue weighted by molar-refractivity contribution is 7.91. The minimum absolute atomic E-state index is 0.151. The van der Waals surface area contributed by atoms with E-state index in [1.165, 1.54) is 0 Å². The van der Waals surface area contributed by atoms with Gasteiger partial charge in [-0.2, -0.15) is 0 Å². The quantitative estimate of drug-likeness (QED) is 0.716. The number of sulfone groups is 1. The number of carbonyl (C=O) groups excluding carboxylic acids is 1. The van der Waals surface area contributed by atoms with Crippen LogP contribution < -0.4 is 0 Å². The summed E-state index contributed by atoms with van der Waals surface area (Å²) in [5.74, 6) is 0.771. The molecule has 0 aromatic rings. The largest absolute Gasteiger partial charge is 0.384 e. The third-order valence-electron chi connectivity index (χ3n) is 4.23. The van der Waals surface area contributed by atoms with Gasteiger partial charge >= 0.3 is 0 Å². The molecule has 2 aliphatic rings. The Bertz CT molecular complexity index is 416. The van der Waals surface area contributed by atoms with Gasteiger partial charge in [0.15, 0.2) is 0 Å². The highest BCUT2D eigenvalue weighted by Gasteiger charge is 2.30. The zero-order valence-corrected chi connectivity index (χ0v) is 12.9. The number of amides is 1. The predicted molar refractivity (Wildman–Crippen MR) is 76.3 cm³/mol. The fourth-order valence-electron chi connectivity index (χ4n) is 2.93. The maximum atomic E-state index is 11.9. The Morgan fingerprint density at radius 1 is 1.15 bits per heavy atom. The Hall–Kier alpha value is -0.660. The fraction of sp³-hybridized carbons (Fsp3) is 0.923. The number of ether oxygens (including phenoxy) is 1. The number of piperazine rings is 1. The van der Waals surface area contributed by atoms with Gasteiger partial charge < -0.3 is 9.64 Å². The zero-order valence-electron chi connectivity index (χ0n) is 12.1. The molecule has 2 rings (SSSR count). The molecule has 2 fully saturated rings. The Labute approximate surface area is 121 Å². The lowest BCUT2D eigenvalue weighted by Crippen LogP contribution is -2.53. The van der Waals surface area contributed by atoms with Crippen LogP contribution in [-0.4, -0.2) is 81.6 Å². The molecule has 0 spiro atoms. The average Bonchev–Trinajstić information content (AvgIpc) is 2.45. The predicted octanol–water partition coefficient (Wildman–Crippen LogP) is -0.256. The van der Waals surface area contributed by atoms with Crippen molar-refractivity contribution in [1.29, 1.82) is 0 Å². The number of carbonyl (C=O) groups is 1. The zero-order chi connectivity index (χ0) is 14.6. The van der Waals surface area contributed by atoms with Crippen LogP contribution in [0.5, 0.6) is 0 Å². The van der Waals surface area contributed by atoms with E-state index in [0.717, 1.165) is 39.0 Å². The third-order valence-corrected chi connectivity index (χ3v) is 5.94. The maximum absolute atomic E-state index is 11.9. The summed E-state index contributed by atoms with van der Waals surface area (Å²) in [7, 11) is -1.19. The van der Waals surface area contributed by atoms with E-state index < -0.39 is 9.84 Å². The van der Waals surface area contributed by atoms with E-state index in [9.17, 15) is 13.2 Å². The minimum Gasteiger partial charge on any atom is -0.384 e. The lowest BCUT2D eigenvalue weighted by atomic mass is 10.1. The molecule has 2 saturated heterocycles. The van der Waals surface area contributed by atoms with Crippen LogP contribution in [0.2, 0.25) is 0 Å². The van der Waals surface area contributed by atoms with E-state index in [1.807, 2.05) is 4.90 Å². The molecule has 1 amide bonds. The molecule has 0 aliphatic carbocycles. The molecular formula is C13H24N2O4S. The third kappa shape index (κ3) is 4.17. The highest BCUT2D eigenvalue weighted by Crippen LogP contribution is 2.19. The van der Waals surface area contributed by atoms with Crippen LogP contribution in [0.25, 0.3) is 0 Å². The molecule has 2 aliphatic heterocycles. The van der Waals surface area contributed by atoms with Crippen molar-refractivity contribution in [2.45, 2.75) is 25.3 Å². The lowest BCUT2D eigenvalue weighted by molar-refractivity contribution is -0.134. The number of hydrogen-bond acceptors (Lipinski definition) is 5. The first kappa shape index (κ1) is 15.7. The number of hydrogen-bond donors (Lipinski definition) is 0. The Morgan fingerprint density at radius 2 is 1.75 bits per heavy atom. The smallest absolute Gasteiger partial charge is 0.224 e. The summed E-state index contributed by atoms with van der Waals surface area (Å²) >= 11 is 0. The van der Waals surface area contributed by atoms with Gasteiger partial charge in [-0.05, 0) is 12.8 Å². The van der Waals surface area contributed by atoms with E-state index in [-0.39, 0.29) is 5.91 Å². The van der Waals surface area contributed by atoms with E-state index >= 15 is 0 Å². The van der Waals surface area contributed by atoms with Crippen molar-refractivity contribution < 1.29 is 17.9 Å². The second kappa shape index (κ2) is 6.87. The van der Waals surface area contributed by atoms with E-state index in [2.05, 4.69) is 4.90 Å². The van der Waals surface area contributed by atoms with Crippen LogP contribution in [0.15, 0.2) is 0 Å². The Kier molecular flexibility index (Phi) is 5.40. The van der Waals surface area contributed by atoms with Crippen LogP contribution in [0.3, 0.4) is 0 Å². The van der Waals surface area contributed by atoms with E-state index in [4.69, 9.17) is 4.74 Å². The van der Waals surface area contributed by atoms with Crippen molar-refractivity contribution >= 4 is 15.7 Å².